The number of ether oxygens (including phenoxy) is 1. The lowest BCUT2D eigenvalue weighted by Gasteiger charge is -2.26. The zero-order valence-electron chi connectivity index (χ0n) is 13.9. The van der Waals surface area contributed by atoms with Gasteiger partial charge >= 0.3 is 0 Å². The first-order valence-electron chi connectivity index (χ1n) is 8.23. The average molecular weight is 352 g/mol. The van der Waals surface area contributed by atoms with Crippen LogP contribution in [0.3, 0.4) is 0 Å². The lowest BCUT2D eigenvalue weighted by atomic mass is 9.78. The highest BCUT2D eigenvalue weighted by molar-refractivity contribution is 7.88. The van der Waals surface area contributed by atoms with Crippen molar-refractivity contribution in [1.29, 1.82) is 0 Å². The first-order valence-corrected chi connectivity index (χ1v) is 10.1. The van der Waals surface area contributed by atoms with Gasteiger partial charge in [-0.25, -0.2) is 12.7 Å². The molecule has 1 amide bonds. The molecule has 2 aliphatic rings. The van der Waals surface area contributed by atoms with E-state index in [4.69, 9.17) is 4.74 Å². The third-order valence-electron chi connectivity index (χ3n) is 5.05. The van der Waals surface area contributed by atoms with E-state index in [-0.39, 0.29) is 17.2 Å². The Kier molecular flexibility index (Phi) is 4.94. The predicted molar refractivity (Wildman–Crippen MR) is 90.9 cm³/mol. The van der Waals surface area contributed by atoms with Crippen molar-refractivity contribution >= 4 is 15.9 Å². The Morgan fingerprint density at radius 2 is 2.12 bits per heavy atom. The monoisotopic (exact) mass is 352 g/mol. The van der Waals surface area contributed by atoms with Crippen LogP contribution in [0.2, 0.25) is 0 Å². The van der Waals surface area contributed by atoms with Gasteiger partial charge in [0.1, 0.15) is 0 Å². The summed E-state index contributed by atoms with van der Waals surface area (Å²) >= 11 is 0. The molecule has 1 aromatic carbocycles. The van der Waals surface area contributed by atoms with Crippen LogP contribution >= 0.6 is 0 Å². The summed E-state index contributed by atoms with van der Waals surface area (Å²) in [5, 5.41) is 2.96. The third kappa shape index (κ3) is 3.79. The zero-order valence-corrected chi connectivity index (χ0v) is 14.7. The van der Waals surface area contributed by atoms with Gasteiger partial charge in [-0.2, -0.15) is 0 Å². The van der Waals surface area contributed by atoms with E-state index in [2.05, 4.69) is 5.32 Å². The number of carbonyl (C=O) groups excluding carboxylic acids is 1. The summed E-state index contributed by atoms with van der Waals surface area (Å²) in [5.74, 6) is 0.0730. The molecule has 0 bridgehead atoms. The number of hydrogen-bond acceptors (Lipinski definition) is 4. The molecular weight excluding hydrogens is 328 g/mol. The average Bonchev–Trinajstić information content (AvgIpc) is 3.04. The Bertz CT molecular complexity index is 692. The quantitative estimate of drug-likeness (QED) is 0.815. The summed E-state index contributed by atoms with van der Waals surface area (Å²) in [6.45, 7) is 2.40. The Morgan fingerprint density at radius 3 is 2.83 bits per heavy atom. The van der Waals surface area contributed by atoms with Gasteiger partial charge < -0.3 is 10.1 Å². The van der Waals surface area contributed by atoms with Gasteiger partial charge in [0, 0.05) is 37.4 Å². The Labute approximate surface area is 143 Å². The molecule has 2 heterocycles. The summed E-state index contributed by atoms with van der Waals surface area (Å²) in [5.41, 5.74) is 0.807. The molecule has 2 aliphatic heterocycles. The molecule has 2 atom stereocenters. The van der Waals surface area contributed by atoms with Crippen LogP contribution in [-0.4, -0.2) is 57.7 Å². The molecule has 1 N–H and O–H groups in total. The van der Waals surface area contributed by atoms with Gasteiger partial charge in [0.25, 0.3) is 0 Å². The normalized spacial score (nSPS) is 27.1. The van der Waals surface area contributed by atoms with E-state index in [1.165, 1.54) is 16.1 Å². The number of nitrogens with zero attached hydrogens (tertiary/aromatic N) is 1. The molecule has 7 heteroatoms. The predicted octanol–water partition coefficient (Wildman–Crippen LogP) is 0.643. The lowest BCUT2D eigenvalue weighted by Crippen LogP contribution is -2.38. The highest BCUT2D eigenvalue weighted by Gasteiger charge is 2.53. The second-order valence-corrected chi connectivity index (χ2v) is 8.87. The van der Waals surface area contributed by atoms with Crippen molar-refractivity contribution in [3.8, 4) is 0 Å². The molecule has 0 spiro atoms. The largest absolute Gasteiger partial charge is 0.380 e. The molecule has 0 radical (unpaired) electrons. The minimum Gasteiger partial charge on any atom is -0.380 e. The van der Waals surface area contributed by atoms with Crippen LogP contribution in [0.15, 0.2) is 30.3 Å². The van der Waals surface area contributed by atoms with Crippen LogP contribution in [0, 0.1) is 11.3 Å². The molecule has 24 heavy (non-hydrogen) atoms. The highest BCUT2D eigenvalue weighted by Crippen LogP contribution is 2.44. The molecule has 1 aromatic rings. The maximum absolute atomic E-state index is 12.3. The van der Waals surface area contributed by atoms with E-state index in [9.17, 15) is 13.2 Å². The minimum absolute atomic E-state index is 0.0308. The molecule has 0 aliphatic carbocycles. The Morgan fingerprint density at radius 1 is 1.38 bits per heavy atom. The molecule has 2 saturated heterocycles. The van der Waals surface area contributed by atoms with Gasteiger partial charge in [0.2, 0.25) is 15.9 Å². The third-order valence-corrected chi connectivity index (χ3v) is 6.27. The molecule has 6 nitrogen and oxygen atoms in total. The lowest BCUT2D eigenvalue weighted by molar-refractivity contribution is -0.123. The van der Waals surface area contributed by atoms with Gasteiger partial charge in [-0.15, -0.1) is 0 Å². The molecule has 0 aromatic heterocycles. The molecule has 0 saturated carbocycles. The maximum Gasteiger partial charge on any atom is 0.220 e. The number of nitrogens with one attached hydrogen (secondary N) is 1. The van der Waals surface area contributed by atoms with Crippen LogP contribution in [0.25, 0.3) is 0 Å². The molecular formula is C17H24N2O4S. The van der Waals surface area contributed by atoms with E-state index in [1.54, 1.807) is 0 Å². The van der Waals surface area contributed by atoms with E-state index in [1.807, 2.05) is 30.3 Å². The number of hydrogen-bond donors (Lipinski definition) is 1. The Balaban J connectivity index is 1.55. The summed E-state index contributed by atoms with van der Waals surface area (Å²) in [6.07, 6.45) is 2.33. The summed E-state index contributed by atoms with van der Waals surface area (Å²) in [7, 11) is -3.23. The molecule has 2 fully saturated rings. The van der Waals surface area contributed by atoms with Crippen molar-refractivity contribution in [1.82, 2.24) is 9.62 Å². The number of carbonyl (C=O) groups is 1. The topological polar surface area (TPSA) is 75.7 Å². The van der Waals surface area contributed by atoms with Crippen molar-refractivity contribution < 1.29 is 17.9 Å². The van der Waals surface area contributed by atoms with Crippen LogP contribution in [0.1, 0.15) is 12.0 Å². The second kappa shape index (κ2) is 6.82. The van der Waals surface area contributed by atoms with Gasteiger partial charge in [-0.3, -0.25) is 4.79 Å². The zero-order chi connectivity index (χ0) is 17.2. The highest BCUT2D eigenvalue weighted by atomic mass is 32.2. The van der Waals surface area contributed by atoms with E-state index in [0.29, 0.717) is 39.3 Å². The van der Waals surface area contributed by atoms with E-state index < -0.39 is 10.0 Å². The molecule has 0 unspecified atom stereocenters. The van der Waals surface area contributed by atoms with Crippen LogP contribution in [0.5, 0.6) is 0 Å². The number of amides is 1. The van der Waals surface area contributed by atoms with Crippen molar-refractivity contribution in [3.05, 3.63) is 35.9 Å². The van der Waals surface area contributed by atoms with Crippen LogP contribution < -0.4 is 5.32 Å². The van der Waals surface area contributed by atoms with Crippen LogP contribution in [0.4, 0.5) is 0 Å². The van der Waals surface area contributed by atoms with E-state index >= 15 is 0 Å². The fraction of sp³-hybridized carbons (Fsp3) is 0.588. The smallest absolute Gasteiger partial charge is 0.220 e. The Hall–Kier alpha value is -1.44. The number of sulfonamides is 1. The number of benzene rings is 1. The van der Waals surface area contributed by atoms with Gasteiger partial charge in [-0.1, -0.05) is 30.3 Å². The van der Waals surface area contributed by atoms with Gasteiger partial charge in [-0.05, 0) is 12.0 Å². The van der Waals surface area contributed by atoms with Crippen LogP contribution in [-0.2, 0) is 26.0 Å². The van der Waals surface area contributed by atoms with Crippen molar-refractivity contribution in [2.45, 2.75) is 12.8 Å². The second-order valence-electron chi connectivity index (χ2n) is 6.89. The molecule has 132 valence electrons. The summed E-state index contributed by atoms with van der Waals surface area (Å²) < 4.78 is 30.6. The molecule has 3 rings (SSSR count). The van der Waals surface area contributed by atoms with Crippen molar-refractivity contribution in [2.24, 2.45) is 11.3 Å². The standard InChI is InChI=1S/C17H24N2O4S/c1-24(21,22)19-10-15-11-23-13-17(15,12-19)9-16(20)18-8-7-14-5-3-2-4-6-14/h2-6,15H,7-13H2,1H3,(H,18,20)/t15-,17+/m1/s1. The SMILES string of the molecule is CS(=O)(=O)N1C[C@@H]2COC[C@]2(CC(=O)NCCc2ccccc2)C1. The van der Waals surface area contributed by atoms with E-state index in [0.717, 1.165) is 6.42 Å². The van der Waals surface area contributed by atoms with Gasteiger partial charge in [0.05, 0.1) is 19.5 Å². The number of rotatable bonds is 6. The summed E-state index contributed by atoms with van der Waals surface area (Å²) in [6, 6.07) is 10.00. The minimum atomic E-state index is -3.23. The van der Waals surface area contributed by atoms with Gasteiger partial charge in [0.15, 0.2) is 0 Å². The summed E-state index contributed by atoms with van der Waals surface area (Å²) in [4.78, 5) is 12.3. The van der Waals surface area contributed by atoms with Crippen molar-refractivity contribution in [2.75, 3.05) is 39.1 Å². The van der Waals surface area contributed by atoms with Crippen molar-refractivity contribution in [3.63, 3.8) is 0 Å². The fourth-order valence-electron chi connectivity index (χ4n) is 3.66. The number of fused-ring (bicyclic) bond motifs is 1. The maximum atomic E-state index is 12.3. The fourth-order valence-corrected chi connectivity index (χ4v) is 4.60. The first-order chi connectivity index (χ1) is 11.4. The first kappa shape index (κ1) is 17.4.